The van der Waals surface area contributed by atoms with Crippen molar-refractivity contribution in [3.05, 3.63) is 41.2 Å². The normalized spacial score (nSPS) is 11.6. The van der Waals surface area contributed by atoms with E-state index in [2.05, 4.69) is 9.82 Å². The number of hydrogen-bond acceptors (Lipinski definition) is 4. The molecule has 8 heteroatoms. The minimum atomic E-state index is -3.71. The monoisotopic (exact) mass is 329 g/mol. The third-order valence-corrected chi connectivity index (χ3v) is 4.46. The molecular weight excluding hydrogens is 314 g/mol. The summed E-state index contributed by atoms with van der Waals surface area (Å²) in [6, 6.07) is 5.00. The number of aliphatic hydroxyl groups is 1. The first-order valence-corrected chi connectivity index (χ1v) is 8.21. The van der Waals surface area contributed by atoms with Crippen LogP contribution in [0.4, 0.5) is 5.69 Å². The van der Waals surface area contributed by atoms with Crippen molar-refractivity contribution in [2.45, 2.75) is 24.8 Å². The summed E-state index contributed by atoms with van der Waals surface area (Å²) in [5.74, 6) is 0. The van der Waals surface area contributed by atoms with Crippen LogP contribution in [-0.4, -0.2) is 29.9 Å². The van der Waals surface area contributed by atoms with Gasteiger partial charge in [0.05, 0.1) is 11.9 Å². The smallest absolute Gasteiger partial charge is 0.265 e. The van der Waals surface area contributed by atoms with Gasteiger partial charge in [-0.3, -0.25) is 9.40 Å². The Morgan fingerprint density at radius 1 is 1.43 bits per heavy atom. The third kappa shape index (κ3) is 3.96. The summed E-state index contributed by atoms with van der Waals surface area (Å²) in [5.41, 5.74) is 1.21. The van der Waals surface area contributed by atoms with Crippen molar-refractivity contribution in [3.63, 3.8) is 0 Å². The van der Waals surface area contributed by atoms with Gasteiger partial charge >= 0.3 is 0 Å². The van der Waals surface area contributed by atoms with E-state index in [0.717, 1.165) is 5.56 Å². The predicted octanol–water partition coefficient (Wildman–Crippen LogP) is 2.03. The van der Waals surface area contributed by atoms with E-state index in [-0.39, 0.29) is 11.5 Å². The Hall–Kier alpha value is -1.57. The number of aryl methyl sites for hydroxylation is 2. The van der Waals surface area contributed by atoms with Crippen molar-refractivity contribution in [1.29, 1.82) is 0 Å². The fourth-order valence-corrected chi connectivity index (χ4v) is 2.99. The molecule has 0 aliphatic heterocycles. The van der Waals surface area contributed by atoms with Gasteiger partial charge in [0, 0.05) is 24.4 Å². The summed E-state index contributed by atoms with van der Waals surface area (Å²) in [6.45, 7) is 2.28. The molecule has 0 saturated carbocycles. The van der Waals surface area contributed by atoms with Gasteiger partial charge in [0.1, 0.15) is 4.90 Å². The molecule has 0 radical (unpaired) electrons. The lowest BCUT2D eigenvalue weighted by Crippen LogP contribution is -2.13. The van der Waals surface area contributed by atoms with Crippen molar-refractivity contribution in [3.8, 4) is 0 Å². The van der Waals surface area contributed by atoms with Crippen LogP contribution in [0.3, 0.4) is 0 Å². The van der Waals surface area contributed by atoms with Crippen LogP contribution in [0.5, 0.6) is 0 Å². The van der Waals surface area contributed by atoms with Crippen LogP contribution in [0.25, 0.3) is 0 Å². The van der Waals surface area contributed by atoms with Crippen LogP contribution in [-0.2, 0) is 16.6 Å². The number of sulfonamides is 1. The number of nitrogens with one attached hydrogen (secondary N) is 1. The third-order valence-electron chi connectivity index (χ3n) is 2.91. The van der Waals surface area contributed by atoms with E-state index in [0.29, 0.717) is 23.7 Å². The molecule has 1 heterocycles. The molecule has 1 aromatic heterocycles. The highest BCUT2D eigenvalue weighted by molar-refractivity contribution is 7.92. The van der Waals surface area contributed by atoms with Gasteiger partial charge in [-0.1, -0.05) is 17.7 Å². The maximum absolute atomic E-state index is 12.3. The number of nitrogens with zero attached hydrogens (tertiary/aromatic N) is 2. The summed E-state index contributed by atoms with van der Waals surface area (Å²) >= 11 is 5.88. The second kappa shape index (κ2) is 6.46. The summed E-state index contributed by atoms with van der Waals surface area (Å²) in [5, 5.41) is 13.2. The first-order valence-electron chi connectivity index (χ1n) is 6.34. The van der Waals surface area contributed by atoms with E-state index < -0.39 is 10.0 Å². The highest BCUT2D eigenvalue weighted by atomic mass is 35.5. The Labute approximate surface area is 128 Å². The predicted molar refractivity (Wildman–Crippen MR) is 80.9 cm³/mol. The zero-order valence-electron chi connectivity index (χ0n) is 11.5. The molecule has 0 amide bonds. The molecule has 114 valence electrons. The minimum Gasteiger partial charge on any atom is -0.396 e. The first-order chi connectivity index (χ1) is 9.92. The van der Waals surface area contributed by atoms with Crippen molar-refractivity contribution in [2.24, 2.45) is 0 Å². The maximum Gasteiger partial charge on any atom is 0.265 e. The number of hydrogen-bond donors (Lipinski definition) is 2. The van der Waals surface area contributed by atoms with Gasteiger partial charge in [0.15, 0.2) is 0 Å². The SMILES string of the molecule is Cc1ccc(Cl)cc1NS(=O)(=O)c1cnn(CCCO)c1. The molecule has 0 bridgehead atoms. The quantitative estimate of drug-likeness (QED) is 0.849. The molecule has 0 spiro atoms. The summed E-state index contributed by atoms with van der Waals surface area (Å²) in [7, 11) is -3.71. The van der Waals surface area contributed by atoms with Crippen LogP contribution in [0, 0.1) is 6.92 Å². The fraction of sp³-hybridized carbons (Fsp3) is 0.308. The fourth-order valence-electron chi connectivity index (χ4n) is 1.75. The van der Waals surface area contributed by atoms with E-state index in [9.17, 15) is 8.42 Å². The first kappa shape index (κ1) is 15.8. The molecule has 0 aliphatic rings. The molecule has 0 saturated heterocycles. The van der Waals surface area contributed by atoms with Gasteiger partial charge < -0.3 is 5.11 Å². The number of rotatable bonds is 6. The van der Waals surface area contributed by atoms with Crippen molar-refractivity contribution in [2.75, 3.05) is 11.3 Å². The van der Waals surface area contributed by atoms with Gasteiger partial charge in [-0.05, 0) is 31.0 Å². The Balaban J connectivity index is 2.22. The molecule has 2 N–H and O–H groups in total. The molecule has 2 aromatic rings. The average molecular weight is 330 g/mol. The van der Waals surface area contributed by atoms with Gasteiger partial charge in [-0.25, -0.2) is 8.42 Å². The molecule has 2 rings (SSSR count). The number of aliphatic hydroxyl groups excluding tert-OH is 1. The molecule has 6 nitrogen and oxygen atoms in total. The minimum absolute atomic E-state index is 0.0297. The highest BCUT2D eigenvalue weighted by Gasteiger charge is 2.17. The van der Waals surface area contributed by atoms with Crippen LogP contribution >= 0.6 is 11.6 Å². The molecule has 0 fully saturated rings. The topological polar surface area (TPSA) is 84.2 Å². The lowest BCUT2D eigenvalue weighted by Gasteiger charge is -2.09. The van der Waals surface area contributed by atoms with Crippen molar-refractivity contribution < 1.29 is 13.5 Å². The Morgan fingerprint density at radius 2 is 2.19 bits per heavy atom. The highest BCUT2D eigenvalue weighted by Crippen LogP contribution is 2.23. The van der Waals surface area contributed by atoms with E-state index in [1.54, 1.807) is 25.1 Å². The van der Waals surface area contributed by atoms with Crippen LogP contribution in [0.15, 0.2) is 35.5 Å². The number of aromatic nitrogens is 2. The zero-order valence-corrected chi connectivity index (χ0v) is 13.0. The summed E-state index contributed by atoms with van der Waals surface area (Å²) < 4.78 is 28.6. The van der Waals surface area contributed by atoms with Gasteiger partial charge in [0.25, 0.3) is 10.0 Å². The molecule has 0 atom stereocenters. The van der Waals surface area contributed by atoms with Crippen molar-refractivity contribution >= 4 is 27.3 Å². The lowest BCUT2D eigenvalue weighted by molar-refractivity contribution is 0.277. The van der Waals surface area contributed by atoms with E-state index in [1.165, 1.54) is 17.1 Å². The number of anilines is 1. The van der Waals surface area contributed by atoms with Gasteiger partial charge in [-0.2, -0.15) is 5.10 Å². The lowest BCUT2D eigenvalue weighted by atomic mass is 10.2. The second-order valence-electron chi connectivity index (χ2n) is 4.58. The maximum atomic E-state index is 12.3. The Kier molecular flexibility index (Phi) is 4.87. The number of halogens is 1. The Morgan fingerprint density at radius 3 is 2.90 bits per heavy atom. The Bertz CT molecular complexity index is 728. The van der Waals surface area contributed by atoms with E-state index in [4.69, 9.17) is 16.7 Å². The van der Waals surface area contributed by atoms with Crippen molar-refractivity contribution in [1.82, 2.24) is 9.78 Å². The molecule has 0 aliphatic carbocycles. The van der Waals surface area contributed by atoms with Crippen LogP contribution < -0.4 is 4.72 Å². The van der Waals surface area contributed by atoms with Gasteiger partial charge in [0.2, 0.25) is 0 Å². The average Bonchev–Trinajstić information content (AvgIpc) is 2.90. The van der Waals surface area contributed by atoms with Crippen LogP contribution in [0.1, 0.15) is 12.0 Å². The summed E-state index contributed by atoms with van der Waals surface area (Å²) in [6.07, 6.45) is 3.22. The van der Waals surface area contributed by atoms with Gasteiger partial charge in [-0.15, -0.1) is 0 Å². The van der Waals surface area contributed by atoms with E-state index in [1.807, 2.05) is 0 Å². The number of benzene rings is 1. The molecule has 21 heavy (non-hydrogen) atoms. The van der Waals surface area contributed by atoms with E-state index >= 15 is 0 Å². The van der Waals surface area contributed by atoms with Crippen LogP contribution in [0.2, 0.25) is 5.02 Å². The molecule has 0 unspecified atom stereocenters. The zero-order chi connectivity index (χ0) is 15.5. The summed E-state index contributed by atoms with van der Waals surface area (Å²) in [4.78, 5) is 0.0693. The molecule has 1 aromatic carbocycles. The standard InChI is InChI=1S/C13H16ClN3O3S/c1-10-3-4-11(14)7-13(10)16-21(19,20)12-8-15-17(9-12)5-2-6-18/h3-4,7-9,16,18H,2,5-6H2,1H3. The molecular formula is C13H16ClN3O3S. The largest absolute Gasteiger partial charge is 0.396 e. The second-order valence-corrected chi connectivity index (χ2v) is 6.70.